The minimum atomic E-state index is -0.125. The zero-order chi connectivity index (χ0) is 12.3. The highest BCUT2D eigenvalue weighted by atomic mass is 16.1. The third-order valence-electron chi connectivity index (χ3n) is 2.56. The minimum absolute atomic E-state index is 0.125. The van der Waals surface area contributed by atoms with Gasteiger partial charge in [-0.05, 0) is 23.4 Å². The van der Waals surface area contributed by atoms with Crippen LogP contribution in [0.3, 0.4) is 0 Å². The van der Waals surface area contributed by atoms with Gasteiger partial charge in [-0.3, -0.25) is 9.78 Å². The Bertz CT molecular complexity index is 723. The number of hydrogen-bond donors (Lipinski definition) is 2. The minimum Gasteiger partial charge on any atom is -0.404 e. The number of nitrogens with two attached hydrogens (primary N) is 2. The van der Waals surface area contributed by atoms with Crippen LogP contribution in [-0.2, 0) is 0 Å². The molecule has 86 valence electrons. The van der Waals surface area contributed by atoms with Crippen LogP contribution in [0.25, 0.3) is 23.2 Å². The summed E-state index contributed by atoms with van der Waals surface area (Å²) in [5.41, 5.74) is 11.5. The van der Waals surface area contributed by atoms with Gasteiger partial charge in [-0.1, -0.05) is 12.1 Å². The molecule has 4 nitrogen and oxygen atoms in total. The van der Waals surface area contributed by atoms with Crippen LogP contribution < -0.4 is 27.3 Å². The normalized spacial score (nSPS) is 13.2. The van der Waals surface area contributed by atoms with Crippen LogP contribution in [0.5, 0.6) is 0 Å². The molecule has 1 aromatic carbocycles. The highest BCUT2D eigenvalue weighted by Crippen LogP contribution is 2.00. The van der Waals surface area contributed by atoms with Gasteiger partial charge < -0.3 is 11.5 Å². The van der Waals surface area contributed by atoms with Gasteiger partial charge in [-0.2, -0.15) is 0 Å². The summed E-state index contributed by atoms with van der Waals surface area (Å²) in [7, 11) is 0. The monoisotopic (exact) mass is 227 g/mol. The third kappa shape index (κ3) is 2.03. The maximum Gasteiger partial charge on any atom is 0.197 e. The summed E-state index contributed by atoms with van der Waals surface area (Å²) in [5, 5.41) is 1.75. The molecule has 0 saturated carbocycles. The molecule has 0 radical (unpaired) electrons. The Morgan fingerprint density at radius 1 is 1.29 bits per heavy atom. The van der Waals surface area contributed by atoms with E-state index in [2.05, 4.69) is 4.98 Å². The molecule has 0 unspecified atom stereocenters. The molecule has 2 rings (SSSR count). The predicted octanol–water partition coefficient (Wildman–Crippen LogP) is -0.969. The average molecular weight is 227 g/mol. The summed E-state index contributed by atoms with van der Waals surface area (Å²) >= 11 is 0. The molecule has 0 fully saturated rings. The smallest absolute Gasteiger partial charge is 0.197 e. The summed E-state index contributed by atoms with van der Waals surface area (Å²) in [5.74, 6) is 0. The molecule has 0 bridgehead atoms. The third-order valence-corrected chi connectivity index (χ3v) is 2.56. The summed E-state index contributed by atoms with van der Waals surface area (Å²) < 4.78 is 0. The topological polar surface area (TPSA) is 82.0 Å². The van der Waals surface area contributed by atoms with Crippen molar-refractivity contribution >= 4 is 23.2 Å². The molecule has 0 aliphatic rings. The van der Waals surface area contributed by atoms with Crippen molar-refractivity contribution in [3.63, 3.8) is 0 Å². The highest BCUT2D eigenvalue weighted by Gasteiger charge is 1.98. The van der Waals surface area contributed by atoms with Gasteiger partial charge >= 0.3 is 0 Å². The van der Waals surface area contributed by atoms with Crippen molar-refractivity contribution in [2.45, 2.75) is 0 Å². The van der Waals surface area contributed by atoms with E-state index in [1.54, 1.807) is 30.5 Å². The van der Waals surface area contributed by atoms with Gasteiger partial charge in [0.2, 0.25) is 0 Å². The van der Waals surface area contributed by atoms with Gasteiger partial charge in [0, 0.05) is 29.5 Å². The summed E-state index contributed by atoms with van der Waals surface area (Å²) in [6.07, 6.45) is 4.73. The molecule has 0 amide bonds. The molecule has 2 aromatic rings. The molecule has 4 N–H and O–H groups in total. The highest BCUT2D eigenvalue weighted by molar-refractivity contribution is 5.77. The van der Waals surface area contributed by atoms with E-state index in [1.165, 1.54) is 6.20 Å². The first-order chi connectivity index (χ1) is 8.27. The van der Waals surface area contributed by atoms with Crippen molar-refractivity contribution in [3.05, 3.63) is 51.1 Å². The Kier molecular flexibility index (Phi) is 3.16. The molecule has 4 heteroatoms. The van der Waals surface area contributed by atoms with Crippen molar-refractivity contribution in [3.8, 4) is 0 Å². The molecule has 0 aliphatic carbocycles. The van der Waals surface area contributed by atoms with E-state index in [9.17, 15) is 4.79 Å². The lowest BCUT2D eigenvalue weighted by molar-refractivity contribution is 1.30. The van der Waals surface area contributed by atoms with Crippen molar-refractivity contribution in [2.75, 3.05) is 6.54 Å². The first kappa shape index (κ1) is 11.3. The standard InChI is InChI=1S/C13H13N3O/c14-6-5-9-3-4-12-10(2-1-7-16-12)13(17)11(9)8-15/h1-5,7-8H,6,14-15H2/b9-5-,11-8+. The van der Waals surface area contributed by atoms with Crippen molar-refractivity contribution in [1.29, 1.82) is 0 Å². The summed E-state index contributed by atoms with van der Waals surface area (Å²) in [6.45, 7) is 0.355. The molecule has 17 heavy (non-hydrogen) atoms. The van der Waals surface area contributed by atoms with Crippen LogP contribution in [0.1, 0.15) is 0 Å². The van der Waals surface area contributed by atoms with E-state index >= 15 is 0 Å². The Morgan fingerprint density at radius 2 is 2.12 bits per heavy atom. The molecular formula is C13H13N3O. The Morgan fingerprint density at radius 3 is 2.82 bits per heavy atom. The lowest BCUT2D eigenvalue weighted by Crippen LogP contribution is -2.37. The fourth-order valence-corrected chi connectivity index (χ4v) is 1.75. The Hall–Kier alpha value is -2.20. The number of hydrogen-bond acceptors (Lipinski definition) is 4. The van der Waals surface area contributed by atoms with Gasteiger partial charge in [0.15, 0.2) is 5.43 Å². The molecule has 0 atom stereocenters. The predicted molar refractivity (Wildman–Crippen MR) is 69.4 cm³/mol. The second-order valence-corrected chi connectivity index (χ2v) is 3.57. The van der Waals surface area contributed by atoms with Crippen LogP contribution in [0.15, 0.2) is 35.3 Å². The lowest BCUT2D eigenvalue weighted by atomic mass is 10.2. The van der Waals surface area contributed by atoms with E-state index in [-0.39, 0.29) is 5.43 Å². The largest absolute Gasteiger partial charge is 0.404 e. The van der Waals surface area contributed by atoms with E-state index in [0.29, 0.717) is 22.7 Å². The van der Waals surface area contributed by atoms with Gasteiger partial charge in [-0.15, -0.1) is 0 Å². The molecule has 0 saturated heterocycles. The summed E-state index contributed by atoms with van der Waals surface area (Å²) in [4.78, 5) is 16.4. The fourth-order valence-electron chi connectivity index (χ4n) is 1.75. The number of fused-ring (bicyclic) bond motifs is 1. The first-order valence-corrected chi connectivity index (χ1v) is 5.28. The molecule has 0 aliphatic heterocycles. The van der Waals surface area contributed by atoms with Gasteiger partial charge in [0.1, 0.15) is 0 Å². The quantitative estimate of drug-likeness (QED) is 0.657. The Balaban J connectivity index is 3.12. The zero-order valence-corrected chi connectivity index (χ0v) is 9.26. The summed E-state index contributed by atoms with van der Waals surface area (Å²) in [6, 6.07) is 7.08. The number of nitrogens with zero attached hydrogens (tertiary/aromatic N) is 1. The van der Waals surface area contributed by atoms with Crippen LogP contribution in [0, 0.1) is 0 Å². The molecule has 0 spiro atoms. The second-order valence-electron chi connectivity index (χ2n) is 3.57. The van der Waals surface area contributed by atoms with Gasteiger partial charge in [0.05, 0.1) is 5.52 Å². The lowest BCUT2D eigenvalue weighted by Gasteiger charge is -1.87. The average Bonchev–Trinajstić information content (AvgIpc) is 2.48. The molecule has 1 heterocycles. The first-order valence-electron chi connectivity index (χ1n) is 5.28. The SMILES string of the molecule is N/C=c1/c(=O)c2cccnc2cc/c1=C/CN. The second kappa shape index (κ2) is 4.76. The van der Waals surface area contributed by atoms with Gasteiger partial charge in [0.25, 0.3) is 0 Å². The fraction of sp³-hybridized carbons (Fsp3) is 0.0769. The maximum atomic E-state index is 12.2. The van der Waals surface area contributed by atoms with E-state index in [4.69, 9.17) is 11.5 Å². The van der Waals surface area contributed by atoms with Crippen molar-refractivity contribution < 1.29 is 0 Å². The Labute approximate surface area is 97.9 Å². The van der Waals surface area contributed by atoms with Crippen molar-refractivity contribution in [1.82, 2.24) is 4.98 Å². The molecular weight excluding hydrogens is 214 g/mol. The van der Waals surface area contributed by atoms with Crippen LogP contribution in [0.4, 0.5) is 0 Å². The van der Waals surface area contributed by atoms with Gasteiger partial charge in [-0.25, -0.2) is 0 Å². The van der Waals surface area contributed by atoms with Crippen LogP contribution in [0.2, 0.25) is 0 Å². The van der Waals surface area contributed by atoms with E-state index in [0.717, 1.165) is 5.22 Å². The number of pyridine rings is 1. The van der Waals surface area contributed by atoms with E-state index in [1.807, 2.05) is 6.07 Å². The van der Waals surface area contributed by atoms with Crippen LogP contribution >= 0.6 is 0 Å². The van der Waals surface area contributed by atoms with E-state index < -0.39 is 0 Å². The zero-order valence-electron chi connectivity index (χ0n) is 9.26. The van der Waals surface area contributed by atoms with Crippen molar-refractivity contribution in [2.24, 2.45) is 11.5 Å². The molecule has 1 aromatic heterocycles. The maximum absolute atomic E-state index is 12.2. The number of rotatable bonds is 1. The number of aromatic nitrogens is 1. The van der Waals surface area contributed by atoms with Crippen LogP contribution in [-0.4, -0.2) is 11.5 Å².